The van der Waals surface area contributed by atoms with E-state index in [4.69, 9.17) is 0 Å². The third-order valence-electron chi connectivity index (χ3n) is 2.86. The number of nitrogens with one attached hydrogen (secondary N) is 1. The number of pyridine rings is 1. The number of aromatic amines is 1. The summed E-state index contributed by atoms with van der Waals surface area (Å²) in [6.07, 6.45) is 1.98. The molecule has 0 saturated carbocycles. The number of H-pyrrole nitrogens is 1. The summed E-state index contributed by atoms with van der Waals surface area (Å²) in [6, 6.07) is 12.7. The van der Waals surface area contributed by atoms with Crippen molar-refractivity contribution in [3.8, 4) is 11.3 Å². The zero-order valence-electron chi connectivity index (χ0n) is 8.04. The molecule has 14 heavy (non-hydrogen) atoms. The van der Waals surface area contributed by atoms with E-state index in [9.17, 15) is 0 Å². The van der Waals surface area contributed by atoms with E-state index < -0.39 is 0 Å². The molecular formula is C13H11N. The van der Waals surface area contributed by atoms with Gasteiger partial charge in [0, 0.05) is 17.1 Å². The van der Waals surface area contributed by atoms with Crippen LogP contribution in [0, 0.1) is 6.92 Å². The van der Waals surface area contributed by atoms with Crippen LogP contribution < -0.4 is 0 Å². The molecule has 0 amide bonds. The van der Waals surface area contributed by atoms with Crippen LogP contribution in [-0.2, 0) is 0 Å². The Kier molecular flexibility index (Phi) is 1.42. The van der Waals surface area contributed by atoms with Crippen molar-refractivity contribution in [3.05, 3.63) is 48.2 Å². The van der Waals surface area contributed by atoms with Crippen molar-refractivity contribution < 1.29 is 0 Å². The van der Waals surface area contributed by atoms with Crippen molar-refractivity contribution in [2.24, 2.45) is 0 Å². The molecule has 0 radical (unpaired) electrons. The van der Waals surface area contributed by atoms with Crippen LogP contribution in [0.1, 0.15) is 5.56 Å². The molecule has 0 aromatic heterocycles. The van der Waals surface area contributed by atoms with E-state index in [1.807, 2.05) is 12.3 Å². The third-order valence-corrected chi connectivity index (χ3v) is 2.86. The molecule has 3 rings (SSSR count). The first-order chi connectivity index (χ1) is 6.88. The van der Waals surface area contributed by atoms with Crippen LogP contribution in [0.15, 0.2) is 42.6 Å². The minimum atomic E-state index is 1.25. The summed E-state index contributed by atoms with van der Waals surface area (Å²) in [5, 5.41) is 2.67. The summed E-state index contributed by atoms with van der Waals surface area (Å²) in [6.45, 7) is 2.18. The van der Waals surface area contributed by atoms with Gasteiger partial charge in [-0.05, 0) is 23.9 Å². The van der Waals surface area contributed by atoms with Crippen LogP contribution in [0.4, 0.5) is 0 Å². The second-order valence-corrected chi connectivity index (χ2v) is 3.63. The van der Waals surface area contributed by atoms with Crippen molar-refractivity contribution in [3.63, 3.8) is 0 Å². The Morgan fingerprint density at radius 3 is 2.57 bits per heavy atom. The molecule has 0 spiro atoms. The van der Waals surface area contributed by atoms with Gasteiger partial charge in [-0.15, -0.1) is 0 Å². The highest BCUT2D eigenvalue weighted by molar-refractivity contribution is 6.03. The Morgan fingerprint density at radius 1 is 0.929 bits per heavy atom. The van der Waals surface area contributed by atoms with Crippen LogP contribution in [0.5, 0.6) is 0 Å². The van der Waals surface area contributed by atoms with Crippen molar-refractivity contribution in [1.29, 1.82) is 0 Å². The zero-order valence-corrected chi connectivity index (χ0v) is 8.04. The predicted molar refractivity (Wildman–Crippen MR) is 59.7 cm³/mol. The highest BCUT2D eigenvalue weighted by Crippen LogP contribution is 2.36. The molecule has 1 aromatic carbocycles. The summed E-state index contributed by atoms with van der Waals surface area (Å²) in [4.78, 5) is 3.31. The normalized spacial score (nSPS) is 11.2. The van der Waals surface area contributed by atoms with E-state index in [0.29, 0.717) is 0 Å². The van der Waals surface area contributed by atoms with Crippen LogP contribution in [0.25, 0.3) is 22.0 Å². The van der Waals surface area contributed by atoms with E-state index in [1.54, 1.807) is 0 Å². The molecule has 1 aliphatic heterocycles. The molecule has 0 unspecified atom stereocenters. The molecule has 2 aliphatic rings. The molecule has 68 valence electrons. The zero-order chi connectivity index (χ0) is 9.54. The maximum Gasteiger partial charge on any atom is 0.0536 e. The van der Waals surface area contributed by atoms with Crippen LogP contribution in [-0.4, -0.2) is 4.98 Å². The van der Waals surface area contributed by atoms with Gasteiger partial charge in [-0.3, -0.25) is 0 Å². The van der Waals surface area contributed by atoms with Gasteiger partial charge in [0.05, 0.1) is 5.69 Å². The van der Waals surface area contributed by atoms with Gasteiger partial charge in [0.1, 0.15) is 0 Å². The van der Waals surface area contributed by atoms with Crippen molar-refractivity contribution in [2.75, 3.05) is 0 Å². The van der Waals surface area contributed by atoms with Crippen LogP contribution >= 0.6 is 0 Å². The SMILES string of the molecule is Cc1c2ccc[nH]c-2c2ccccc12. The summed E-state index contributed by atoms with van der Waals surface area (Å²) in [5.74, 6) is 0. The predicted octanol–water partition coefficient (Wildman–Crippen LogP) is 3.58. The highest BCUT2D eigenvalue weighted by Gasteiger charge is 2.12. The molecule has 0 fully saturated rings. The monoisotopic (exact) mass is 181 g/mol. The van der Waals surface area contributed by atoms with E-state index in [2.05, 4.69) is 42.2 Å². The van der Waals surface area contributed by atoms with E-state index in [1.165, 1.54) is 27.6 Å². The van der Waals surface area contributed by atoms with Crippen LogP contribution in [0.2, 0.25) is 0 Å². The van der Waals surface area contributed by atoms with Gasteiger partial charge >= 0.3 is 0 Å². The number of aromatic nitrogens is 1. The summed E-state index contributed by atoms with van der Waals surface area (Å²) in [5.41, 5.74) is 3.95. The molecule has 0 atom stereocenters. The van der Waals surface area contributed by atoms with E-state index >= 15 is 0 Å². The lowest BCUT2D eigenvalue weighted by Crippen LogP contribution is -1.79. The smallest absolute Gasteiger partial charge is 0.0536 e. The molecule has 1 aliphatic carbocycles. The molecule has 0 bridgehead atoms. The fourth-order valence-corrected chi connectivity index (χ4v) is 2.15. The van der Waals surface area contributed by atoms with Gasteiger partial charge in [-0.2, -0.15) is 0 Å². The average Bonchev–Trinajstić information content (AvgIpc) is 2.55. The fraction of sp³-hybridized carbons (Fsp3) is 0.0769. The Morgan fingerprint density at radius 2 is 1.71 bits per heavy atom. The number of hydrogen-bond acceptors (Lipinski definition) is 0. The van der Waals surface area contributed by atoms with Crippen molar-refractivity contribution >= 4 is 10.8 Å². The first-order valence-electron chi connectivity index (χ1n) is 4.82. The highest BCUT2D eigenvalue weighted by atomic mass is 14.7. The van der Waals surface area contributed by atoms with Gasteiger partial charge in [-0.1, -0.05) is 30.3 Å². The molecule has 1 heterocycles. The molecule has 1 aromatic rings. The van der Waals surface area contributed by atoms with Gasteiger partial charge < -0.3 is 4.98 Å². The second-order valence-electron chi connectivity index (χ2n) is 3.63. The molecule has 1 N–H and O–H groups in total. The number of rotatable bonds is 0. The lowest BCUT2D eigenvalue weighted by molar-refractivity contribution is 1.34. The number of hydrogen-bond donors (Lipinski definition) is 1. The molecule has 1 nitrogen and oxygen atoms in total. The van der Waals surface area contributed by atoms with E-state index in [-0.39, 0.29) is 0 Å². The number of benzene rings is 1. The van der Waals surface area contributed by atoms with Crippen molar-refractivity contribution in [1.82, 2.24) is 4.98 Å². The lowest BCUT2D eigenvalue weighted by atomic mass is 10.1. The Balaban J connectivity index is 2.61. The average molecular weight is 181 g/mol. The molecule has 0 saturated heterocycles. The summed E-state index contributed by atoms with van der Waals surface area (Å²) in [7, 11) is 0. The van der Waals surface area contributed by atoms with Crippen molar-refractivity contribution in [2.45, 2.75) is 6.92 Å². The number of aryl methyl sites for hydroxylation is 1. The largest absolute Gasteiger partial charge is 0.361 e. The maximum atomic E-state index is 3.31. The maximum absolute atomic E-state index is 3.31. The Hall–Kier alpha value is -1.76. The number of fused-ring (bicyclic) bond motifs is 3. The van der Waals surface area contributed by atoms with Crippen LogP contribution in [0.3, 0.4) is 0 Å². The van der Waals surface area contributed by atoms with Gasteiger partial charge in [0.25, 0.3) is 0 Å². The minimum Gasteiger partial charge on any atom is -0.361 e. The van der Waals surface area contributed by atoms with Gasteiger partial charge in [0.15, 0.2) is 0 Å². The first-order valence-corrected chi connectivity index (χ1v) is 4.82. The summed E-state index contributed by atoms with van der Waals surface area (Å²) < 4.78 is 0. The Labute approximate surface area is 82.7 Å². The minimum absolute atomic E-state index is 1.25. The lowest BCUT2D eigenvalue weighted by Gasteiger charge is -1.98. The quantitative estimate of drug-likeness (QED) is 0.545. The second kappa shape index (κ2) is 2.61. The van der Waals surface area contributed by atoms with Gasteiger partial charge in [-0.25, -0.2) is 0 Å². The third kappa shape index (κ3) is 0.841. The topological polar surface area (TPSA) is 15.8 Å². The summed E-state index contributed by atoms with van der Waals surface area (Å²) >= 11 is 0. The molecule has 1 heteroatoms. The standard InChI is InChI=1S/C13H11N/c1-9-10-5-2-3-6-12(10)13-11(9)7-4-8-14-13/h2-8,14H,1H3. The fourth-order valence-electron chi connectivity index (χ4n) is 2.15. The molecular weight excluding hydrogens is 170 g/mol. The Bertz CT molecular complexity index is 563. The van der Waals surface area contributed by atoms with Gasteiger partial charge in [0.2, 0.25) is 0 Å². The first kappa shape index (κ1) is 7.63. The van der Waals surface area contributed by atoms with E-state index in [0.717, 1.165) is 0 Å².